The molecule has 2 nitrogen and oxygen atoms in total. The van der Waals surface area contributed by atoms with E-state index in [0.29, 0.717) is 6.04 Å². The summed E-state index contributed by atoms with van der Waals surface area (Å²) in [6.45, 7) is 5.82. The molecule has 0 aliphatic rings. The van der Waals surface area contributed by atoms with E-state index in [4.69, 9.17) is 0 Å². The smallest absolute Gasteiger partial charge is 0.0601 e. The van der Waals surface area contributed by atoms with E-state index < -0.39 is 0 Å². The summed E-state index contributed by atoms with van der Waals surface area (Å²) >= 11 is 0. The van der Waals surface area contributed by atoms with Crippen molar-refractivity contribution >= 4 is 5.69 Å². The predicted molar refractivity (Wildman–Crippen MR) is 99.5 cm³/mol. The average molecular weight is 306 g/mol. The molecule has 0 aromatic heterocycles. The highest BCUT2D eigenvalue weighted by molar-refractivity contribution is 5.45. The van der Waals surface area contributed by atoms with Gasteiger partial charge in [0.05, 0.1) is 6.54 Å². The van der Waals surface area contributed by atoms with Crippen LogP contribution in [0.4, 0.5) is 5.69 Å². The Kier molecular flexibility index (Phi) is 6.72. The normalized spacial score (nSPS) is 11.7. The maximum Gasteiger partial charge on any atom is 0.0601 e. The molecule has 0 radical (unpaired) electrons. The molecule has 0 fully saturated rings. The van der Waals surface area contributed by atoms with Crippen molar-refractivity contribution in [3.05, 3.63) is 65.7 Å². The largest absolute Gasteiger partial charge is 0.381 e. The fourth-order valence-corrected chi connectivity index (χ4v) is 2.42. The van der Waals surface area contributed by atoms with E-state index >= 15 is 0 Å². The zero-order chi connectivity index (χ0) is 16.5. The molecule has 23 heavy (non-hydrogen) atoms. The lowest BCUT2D eigenvalue weighted by molar-refractivity contribution is 0.287. The summed E-state index contributed by atoms with van der Waals surface area (Å²) in [4.78, 5) is 2.29. The van der Waals surface area contributed by atoms with Crippen molar-refractivity contribution in [2.24, 2.45) is 0 Å². The van der Waals surface area contributed by atoms with Gasteiger partial charge in [-0.05, 0) is 50.6 Å². The van der Waals surface area contributed by atoms with E-state index in [1.54, 1.807) is 0 Å². The summed E-state index contributed by atoms with van der Waals surface area (Å²) in [6, 6.07) is 19.7. The van der Waals surface area contributed by atoms with Crippen molar-refractivity contribution in [3.63, 3.8) is 0 Å². The summed E-state index contributed by atoms with van der Waals surface area (Å²) in [6.07, 6.45) is 1.04. The van der Waals surface area contributed by atoms with Gasteiger partial charge in [-0.1, -0.05) is 48.4 Å². The molecule has 1 N–H and O–H groups in total. The van der Waals surface area contributed by atoms with Gasteiger partial charge in [0.2, 0.25) is 0 Å². The Bertz CT molecular complexity index is 635. The fourth-order valence-electron chi connectivity index (χ4n) is 2.42. The first-order valence-corrected chi connectivity index (χ1v) is 8.15. The Morgan fingerprint density at radius 1 is 1.00 bits per heavy atom. The lowest BCUT2D eigenvalue weighted by atomic mass is 10.1. The van der Waals surface area contributed by atoms with Crippen LogP contribution in [0.1, 0.15) is 25.0 Å². The fraction of sp³-hybridized carbons (Fsp3) is 0.333. The summed E-state index contributed by atoms with van der Waals surface area (Å²) in [7, 11) is 2.13. The quantitative estimate of drug-likeness (QED) is 0.772. The van der Waals surface area contributed by atoms with Crippen LogP contribution in [0.3, 0.4) is 0 Å². The Hall–Kier alpha value is -2.24. The van der Waals surface area contributed by atoms with Crippen LogP contribution in [0.5, 0.6) is 0 Å². The molecule has 0 unspecified atom stereocenters. The number of hydrogen-bond acceptors (Lipinski definition) is 2. The number of nitrogens with zero attached hydrogens (tertiary/aromatic N) is 1. The molecular formula is C21H26N2. The number of likely N-dealkylation sites (N-methyl/N-ethyl adjacent to an activating group) is 1. The van der Waals surface area contributed by atoms with E-state index in [1.807, 2.05) is 13.0 Å². The van der Waals surface area contributed by atoms with Gasteiger partial charge in [0.1, 0.15) is 0 Å². The lowest BCUT2D eigenvalue weighted by Crippen LogP contribution is -2.31. The monoisotopic (exact) mass is 306 g/mol. The minimum Gasteiger partial charge on any atom is -0.381 e. The first kappa shape index (κ1) is 17.1. The summed E-state index contributed by atoms with van der Waals surface area (Å²) in [5.41, 5.74) is 3.82. The van der Waals surface area contributed by atoms with Gasteiger partial charge >= 0.3 is 0 Å². The van der Waals surface area contributed by atoms with Crippen LogP contribution in [-0.4, -0.2) is 24.5 Å². The highest BCUT2D eigenvalue weighted by atomic mass is 15.1. The minimum atomic E-state index is 0.485. The van der Waals surface area contributed by atoms with Gasteiger partial charge in [-0.2, -0.15) is 0 Å². The first-order chi connectivity index (χ1) is 11.2. The highest BCUT2D eigenvalue weighted by Crippen LogP contribution is 2.14. The SMILES string of the molecule is CC#CCN(C)[C@H](C)Cc1ccc(NCc2ccccc2)cc1. The Labute approximate surface area is 140 Å². The number of benzene rings is 2. The third kappa shape index (κ3) is 5.81. The Balaban J connectivity index is 1.85. The first-order valence-electron chi connectivity index (χ1n) is 8.15. The summed E-state index contributed by atoms with van der Waals surface area (Å²) in [5.74, 6) is 6.07. The molecule has 0 saturated heterocycles. The average Bonchev–Trinajstić information content (AvgIpc) is 2.60. The zero-order valence-corrected chi connectivity index (χ0v) is 14.3. The van der Waals surface area contributed by atoms with Crippen LogP contribution in [0.25, 0.3) is 0 Å². The van der Waals surface area contributed by atoms with Crippen LogP contribution >= 0.6 is 0 Å². The molecule has 0 saturated carbocycles. The zero-order valence-electron chi connectivity index (χ0n) is 14.3. The lowest BCUT2D eigenvalue weighted by Gasteiger charge is -2.22. The van der Waals surface area contributed by atoms with Gasteiger partial charge < -0.3 is 5.32 Å². The van der Waals surface area contributed by atoms with Crippen LogP contribution in [0.2, 0.25) is 0 Å². The molecule has 2 rings (SSSR count). The standard InChI is InChI=1S/C21H26N2/c1-4-5-15-23(3)18(2)16-19-11-13-21(14-12-19)22-17-20-9-7-6-8-10-20/h6-14,18,22H,15-17H2,1-3H3/t18-/m1/s1. The second-order valence-electron chi connectivity index (χ2n) is 5.93. The Morgan fingerprint density at radius 3 is 2.35 bits per heavy atom. The van der Waals surface area contributed by atoms with Gasteiger partial charge in [0, 0.05) is 18.3 Å². The molecule has 0 aliphatic carbocycles. The van der Waals surface area contributed by atoms with E-state index in [0.717, 1.165) is 25.2 Å². The summed E-state index contributed by atoms with van der Waals surface area (Å²) < 4.78 is 0. The number of nitrogens with one attached hydrogen (secondary N) is 1. The van der Waals surface area contributed by atoms with Crippen molar-refractivity contribution in [1.29, 1.82) is 0 Å². The number of rotatable bonds is 7. The van der Waals surface area contributed by atoms with Gasteiger partial charge in [0.15, 0.2) is 0 Å². The molecule has 120 valence electrons. The van der Waals surface area contributed by atoms with Crippen molar-refractivity contribution in [2.45, 2.75) is 32.9 Å². The highest BCUT2D eigenvalue weighted by Gasteiger charge is 2.08. The van der Waals surface area contributed by atoms with Crippen LogP contribution in [0, 0.1) is 11.8 Å². The maximum absolute atomic E-state index is 3.46. The van der Waals surface area contributed by atoms with Crippen LogP contribution < -0.4 is 5.32 Å². The van der Waals surface area contributed by atoms with Crippen molar-refractivity contribution in [2.75, 3.05) is 18.9 Å². The van der Waals surface area contributed by atoms with E-state index in [1.165, 1.54) is 11.1 Å². The molecule has 2 aromatic rings. The predicted octanol–water partition coefficient (Wildman–Crippen LogP) is 4.18. The third-order valence-corrected chi connectivity index (χ3v) is 4.08. The molecule has 0 bridgehead atoms. The molecule has 2 aromatic carbocycles. The summed E-state index contributed by atoms with van der Waals surface area (Å²) in [5, 5.41) is 3.46. The molecule has 0 heterocycles. The number of anilines is 1. The Morgan fingerprint density at radius 2 is 1.70 bits per heavy atom. The van der Waals surface area contributed by atoms with Gasteiger partial charge in [-0.3, -0.25) is 4.90 Å². The number of hydrogen-bond donors (Lipinski definition) is 1. The topological polar surface area (TPSA) is 15.3 Å². The van der Waals surface area contributed by atoms with Gasteiger partial charge in [-0.15, -0.1) is 5.92 Å². The molecule has 0 amide bonds. The molecule has 0 spiro atoms. The second kappa shape index (κ2) is 9.02. The van der Waals surface area contributed by atoms with E-state index in [9.17, 15) is 0 Å². The minimum absolute atomic E-state index is 0.485. The maximum atomic E-state index is 3.46. The third-order valence-electron chi connectivity index (χ3n) is 4.08. The van der Waals surface area contributed by atoms with E-state index in [2.05, 4.69) is 84.6 Å². The van der Waals surface area contributed by atoms with E-state index in [-0.39, 0.29) is 0 Å². The van der Waals surface area contributed by atoms with Crippen molar-refractivity contribution < 1.29 is 0 Å². The van der Waals surface area contributed by atoms with Crippen LogP contribution in [0.15, 0.2) is 54.6 Å². The molecule has 0 aliphatic heterocycles. The van der Waals surface area contributed by atoms with Gasteiger partial charge in [-0.25, -0.2) is 0 Å². The molecule has 2 heteroatoms. The molecule has 1 atom stereocenters. The van der Waals surface area contributed by atoms with Crippen LogP contribution in [-0.2, 0) is 13.0 Å². The second-order valence-corrected chi connectivity index (χ2v) is 5.93. The van der Waals surface area contributed by atoms with Gasteiger partial charge in [0.25, 0.3) is 0 Å². The van der Waals surface area contributed by atoms with Crippen molar-refractivity contribution in [3.8, 4) is 11.8 Å². The van der Waals surface area contributed by atoms with Crippen molar-refractivity contribution in [1.82, 2.24) is 4.90 Å². The molecular weight excluding hydrogens is 280 g/mol.